The van der Waals surface area contributed by atoms with Crippen molar-refractivity contribution in [3.05, 3.63) is 108 Å². The fourth-order valence-corrected chi connectivity index (χ4v) is 5.88. The van der Waals surface area contributed by atoms with Gasteiger partial charge in [0, 0.05) is 37.3 Å². The number of hydrogen-bond donors (Lipinski definition) is 1. The second kappa shape index (κ2) is 12.3. The zero-order valence-electron chi connectivity index (χ0n) is 24.7. The second-order valence-electron chi connectivity index (χ2n) is 11.1. The van der Waals surface area contributed by atoms with Gasteiger partial charge in [-0.25, -0.2) is 4.98 Å². The van der Waals surface area contributed by atoms with E-state index < -0.39 is 0 Å². The molecule has 0 amide bonds. The van der Waals surface area contributed by atoms with Crippen molar-refractivity contribution in [2.45, 2.75) is 45.9 Å². The van der Waals surface area contributed by atoms with Crippen molar-refractivity contribution < 1.29 is 24.1 Å². The predicted molar refractivity (Wildman–Crippen MR) is 168 cm³/mol. The Morgan fingerprint density at radius 3 is 1.98 bits per heavy atom. The zero-order valence-corrected chi connectivity index (χ0v) is 24.7. The van der Waals surface area contributed by atoms with Crippen molar-refractivity contribution in [2.24, 2.45) is 0 Å². The molecule has 1 N–H and O–H groups in total. The highest BCUT2D eigenvalue weighted by molar-refractivity contribution is 5.72. The quantitative estimate of drug-likeness (QED) is 0.172. The molecule has 8 heteroatoms. The summed E-state index contributed by atoms with van der Waals surface area (Å²) in [5.41, 5.74) is 5.84. The summed E-state index contributed by atoms with van der Waals surface area (Å²) in [6, 6.07) is 30.0. The standard InChI is InChI=1S/C36H35N3O5/c1-2-3-17-39-29(35(28-11-7-8-12-30(28)40)37-36(39)27-9-5-4-6-10-27)22-38(20-25-13-15-31-33(18-25)43-23-41-31)21-26-14-16-32-34(19-26)44-24-42-32/h4-16,18-19,40H,2-3,17,20-24H2,1H3. The lowest BCUT2D eigenvalue weighted by Crippen LogP contribution is -2.24. The number of aromatic nitrogens is 2. The Hall–Kier alpha value is -4.95. The summed E-state index contributed by atoms with van der Waals surface area (Å²) in [5.74, 6) is 4.18. The van der Waals surface area contributed by atoms with Crippen LogP contribution in [0.4, 0.5) is 0 Å². The summed E-state index contributed by atoms with van der Waals surface area (Å²) in [6.07, 6.45) is 2.06. The minimum atomic E-state index is 0.214. The molecule has 44 heavy (non-hydrogen) atoms. The van der Waals surface area contributed by atoms with Gasteiger partial charge < -0.3 is 28.6 Å². The van der Waals surface area contributed by atoms with E-state index in [1.54, 1.807) is 6.07 Å². The Bertz CT molecular complexity index is 1710. The fraction of sp³-hybridized carbons (Fsp3) is 0.250. The number of benzene rings is 4. The molecule has 0 saturated carbocycles. The first-order chi connectivity index (χ1) is 21.7. The Morgan fingerprint density at radius 2 is 1.34 bits per heavy atom. The van der Waals surface area contributed by atoms with Crippen molar-refractivity contribution in [3.63, 3.8) is 0 Å². The molecule has 2 aliphatic rings. The fourth-order valence-electron chi connectivity index (χ4n) is 5.88. The lowest BCUT2D eigenvalue weighted by Gasteiger charge is -2.25. The molecule has 2 aliphatic heterocycles. The molecular weight excluding hydrogens is 554 g/mol. The van der Waals surface area contributed by atoms with E-state index in [1.807, 2.05) is 48.5 Å². The Morgan fingerprint density at radius 1 is 0.727 bits per heavy atom. The van der Waals surface area contributed by atoms with E-state index in [4.69, 9.17) is 23.9 Å². The van der Waals surface area contributed by atoms with Gasteiger partial charge in [-0.05, 0) is 53.9 Å². The molecule has 224 valence electrons. The van der Waals surface area contributed by atoms with E-state index >= 15 is 0 Å². The van der Waals surface area contributed by atoms with E-state index in [-0.39, 0.29) is 19.3 Å². The maximum atomic E-state index is 11.0. The van der Waals surface area contributed by atoms with Crippen molar-refractivity contribution in [1.29, 1.82) is 0 Å². The molecule has 0 atom stereocenters. The van der Waals surface area contributed by atoms with Gasteiger partial charge in [-0.3, -0.25) is 4.90 Å². The van der Waals surface area contributed by atoms with Crippen LogP contribution >= 0.6 is 0 Å². The van der Waals surface area contributed by atoms with Crippen molar-refractivity contribution in [3.8, 4) is 51.4 Å². The molecule has 0 spiro atoms. The third kappa shape index (κ3) is 5.68. The average molecular weight is 590 g/mol. The SMILES string of the molecule is CCCCn1c(-c2ccccc2)nc(-c2ccccc2O)c1CN(Cc1ccc2c(c1)OCO2)Cc1ccc2c(c1)OCO2. The van der Waals surface area contributed by atoms with Gasteiger partial charge in [-0.2, -0.15) is 0 Å². The molecule has 4 aromatic carbocycles. The van der Waals surface area contributed by atoms with E-state index in [9.17, 15) is 5.11 Å². The molecule has 8 nitrogen and oxygen atoms in total. The minimum Gasteiger partial charge on any atom is -0.507 e. The highest BCUT2D eigenvalue weighted by Gasteiger charge is 2.25. The van der Waals surface area contributed by atoms with Crippen LogP contribution in [-0.4, -0.2) is 33.1 Å². The molecule has 1 aromatic heterocycles. The van der Waals surface area contributed by atoms with Crippen LogP contribution in [0.2, 0.25) is 0 Å². The van der Waals surface area contributed by atoms with Gasteiger partial charge in [0.2, 0.25) is 13.6 Å². The number of ether oxygens (including phenoxy) is 4. The molecule has 0 aliphatic carbocycles. The first-order valence-corrected chi connectivity index (χ1v) is 15.1. The lowest BCUT2D eigenvalue weighted by molar-refractivity contribution is 0.173. The summed E-state index contributed by atoms with van der Waals surface area (Å²) in [7, 11) is 0. The number of rotatable bonds is 11. The first kappa shape index (κ1) is 27.9. The minimum absolute atomic E-state index is 0.214. The average Bonchev–Trinajstić information content (AvgIpc) is 3.79. The highest BCUT2D eigenvalue weighted by Crippen LogP contribution is 2.38. The largest absolute Gasteiger partial charge is 0.507 e. The molecule has 0 saturated heterocycles. The molecule has 0 fully saturated rings. The third-order valence-electron chi connectivity index (χ3n) is 8.06. The number of para-hydroxylation sites is 1. The Kier molecular flexibility index (Phi) is 7.81. The number of nitrogens with zero attached hydrogens (tertiary/aromatic N) is 3. The highest BCUT2D eigenvalue weighted by atomic mass is 16.7. The summed E-state index contributed by atoms with van der Waals surface area (Å²) >= 11 is 0. The van der Waals surface area contributed by atoms with Crippen LogP contribution in [0, 0.1) is 0 Å². The first-order valence-electron chi connectivity index (χ1n) is 15.1. The van der Waals surface area contributed by atoms with Crippen LogP contribution in [0.15, 0.2) is 91.0 Å². The van der Waals surface area contributed by atoms with Gasteiger partial charge in [0.1, 0.15) is 11.6 Å². The van der Waals surface area contributed by atoms with Crippen LogP contribution in [0.25, 0.3) is 22.6 Å². The molecule has 0 unspecified atom stereocenters. The number of imidazole rings is 1. The predicted octanol–water partition coefficient (Wildman–Crippen LogP) is 7.38. The van der Waals surface area contributed by atoms with Gasteiger partial charge in [0.25, 0.3) is 0 Å². The summed E-state index contributed by atoms with van der Waals surface area (Å²) < 4.78 is 24.9. The summed E-state index contributed by atoms with van der Waals surface area (Å²) in [5, 5.41) is 11.0. The Labute approximate surface area is 257 Å². The number of fused-ring (bicyclic) bond motifs is 2. The maximum absolute atomic E-state index is 11.0. The zero-order chi connectivity index (χ0) is 29.9. The summed E-state index contributed by atoms with van der Waals surface area (Å²) in [6.45, 7) is 5.41. The van der Waals surface area contributed by atoms with E-state index in [2.05, 4.69) is 52.8 Å². The van der Waals surface area contributed by atoms with Gasteiger partial charge in [-0.15, -0.1) is 0 Å². The van der Waals surface area contributed by atoms with Crippen LogP contribution in [0.1, 0.15) is 36.6 Å². The van der Waals surface area contributed by atoms with E-state index in [0.29, 0.717) is 19.6 Å². The molecular formula is C36H35N3O5. The molecule has 5 aromatic rings. The number of hydrogen-bond acceptors (Lipinski definition) is 7. The number of unbranched alkanes of at least 4 members (excludes halogenated alkanes) is 1. The third-order valence-corrected chi connectivity index (χ3v) is 8.06. The number of phenolic OH excluding ortho intramolecular Hbond substituents is 1. The summed E-state index contributed by atoms with van der Waals surface area (Å²) in [4.78, 5) is 7.62. The number of aromatic hydroxyl groups is 1. The maximum Gasteiger partial charge on any atom is 0.231 e. The van der Waals surface area contributed by atoms with Crippen molar-refractivity contribution in [2.75, 3.05) is 13.6 Å². The molecule has 7 rings (SSSR count). The van der Waals surface area contributed by atoms with Crippen LogP contribution in [-0.2, 0) is 26.2 Å². The van der Waals surface area contributed by atoms with Crippen LogP contribution in [0.5, 0.6) is 28.7 Å². The van der Waals surface area contributed by atoms with Gasteiger partial charge in [0.15, 0.2) is 23.0 Å². The van der Waals surface area contributed by atoms with Crippen LogP contribution < -0.4 is 18.9 Å². The molecule has 0 bridgehead atoms. The van der Waals surface area contributed by atoms with Crippen molar-refractivity contribution in [1.82, 2.24) is 14.5 Å². The van der Waals surface area contributed by atoms with Crippen molar-refractivity contribution >= 4 is 0 Å². The number of phenols is 1. The van der Waals surface area contributed by atoms with Gasteiger partial charge in [-0.1, -0.05) is 67.9 Å². The van der Waals surface area contributed by atoms with Gasteiger partial charge in [0.05, 0.1) is 11.4 Å². The topological polar surface area (TPSA) is 78.2 Å². The monoisotopic (exact) mass is 589 g/mol. The smallest absolute Gasteiger partial charge is 0.231 e. The molecule has 0 radical (unpaired) electrons. The lowest BCUT2D eigenvalue weighted by atomic mass is 10.1. The van der Waals surface area contributed by atoms with Crippen LogP contribution in [0.3, 0.4) is 0 Å². The van der Waals surface area contributed by atoms with Gasteiger partial charge >= 0.3 is 0 Å². The normalized spacial score (nSPS) is 13.1. The second-order valence-corrected chi connectivity index (χ2v) is 11.1. The van der Waals surface area contributed by atoms with E-state index in [0.717, 1.165) is 81.9 Å². The van der Waals surface area contributed by atoms with E-state index in [1.165, 1.54) is 0 Å². The molecule has 3 heterocycles. The Balaban J connectivity index is 1.33.